The van der Waals surface area contributed by atoms with Crippen LogP contribution in [0.3, 0.4) is 0 Å². The monoisotopic (exact) mass is 713 g/mol. The van der Waals surface area contributed by atoms with E-state index in [9.17, 15) is 37.4 Å². The molecule has 1 aromatic heterocycles. The zero-order chi connectivity index (χ0) is 37.0. The molecule has 2 unspecified atom stereocenters. The van der Waals surface area contributed by atoms with Crippen molar-refractivity contribution < 1.29 is 56.3 Å². The van der Waals surface area contributed by atoms with Crippen molar-refractivity contribution in [2.45, 2.75) is 50.5 Å². The molecule has 0 spiro atoms. The Morgan fingerprint density at radius 3 is 2.39 bits per heavy atom. The van der Waals surface area contributed by atoms with E-state index in [0.29, 0.717) is 5.56 Å². The van der Waals surface area contributed by atoms with E-state index >= 15 is 0 Å². The molecule has 4 aromatic rings. The minimum absolute atomic E-state index is 0.0604. The number of pyridine rings is 1. The third-order valence-electron chi connectivity index (χ3n) is 7.90. The van der Waals surface area contributed by atoms with Crippen LogP contribution in [0.2, 0.25) is 0 Å². The predicted molar refractivity (Wildman–Crippen MR) is 175 cm³/mol. The van der Waals surface area contributed by atoms with Crippen molar-refractivity contribution in [2.75, 3.05) is 20.3 Å². The first-order chi connectivity index (χ1) is 24.1. The molecular formula is C36H35F4N3O8. The van der Waals surface area contributed by atoms with E-state index in [4.69, 9.17) is 18.9 Å². The van der Waals surface area contributed by atoms with Gasteiger partial charge in [-0.15, -0.1) is 0 Å². The quantitative estimate of drug-likeness (QED) is 0.142. The van der Waals surface area contributed by atoms with E-state index < -0.39 is 59.4 Å². The molecular weight excluding hydrogens is 678 g/mol. The summed E-state index contributed by atoms with van der Waals surface area (Å²) in [7, 11) is 1.29. The van der Waals surface area contributed by atoms with Crippen LogP contribution in [-0.4, -0.2) is 65.5 Å². The second kappa shape index (κ2) is 14.8. The number of alkyl halides is 3. The summed E-state index contributed by atoms with van der Waals surface area (Å²) in [6.07, 6.45) is -7.32. The van der Waals surface area contributed by atoms with Gasteiger partial charge in [0.25, 0.3) is 5.91 Å². The number of fused-ring (bicyclic) bond motifs is 1. The molecule has 0 aliphatic carbocycles. The van der Waals surface area contributed by atoms with Gasteiger partial charge in [0.2, 0.25) is 5.60 Å². The Kier molecular flexibility index (Phi) is 10.7. The molecule has 15 heteroatoms. The molecule has 0 saturated carbocycles. The van der Waals surface area contributed by atoms with Crippen molar-refractivity contribution in [3.05, 3.63) is 107 Å². The van der Waals surface area contributed by atoms with Crippen LogP contribution in [0.5, 0.6) is 17.2 Å². The van der Waals surface area contributed by atoms with Crippen molar-refractivity contribution in [1.82, 2.24) is 15.6 Å². The molecule has 1 aliphatic rings. The molecule has 11 nitrogen and oxygen atoms in total. The number of amides is 2. The Morgan fingerprint density at radius 1 is 1.04 bits per heavy atom. The fourth-order valence-corrected chi connectivity index (χ4v) is 5.32. The van der Waals surface area contributed by atoms with E-state index in [2.05, 4.69) is 15.6 Å². The van der Waals surface area contributed by atoms with E-state index in [-0.39, 0.29) is 53.5 Å². The van der Waals surface area contributed by atoms with Gasteiger partial charge in [0.1, 0.15) is 24.7 Å². The van der Waals surface area contributed by atoms with Crippen LogP contribution in [0.4, 0.5) is 22.4 Å². The number of rotatable bonds is 12. The second-order valence-electron chi connectivity index (χ2n) is 12.1. The van der Waals surface area contributed by atoms with Crippen LogP contribution in [-0.2, 0) is 23.4 Å². The van der Waals surface area contributed by atoms with Crippen LogP contribution < -0.4 is 24.8 Å². The number of carbonyl (C=O) groups excluding carboxylic acids is 2. The predicted octanol–water partition coefficient (Wildman–Crippen LogP) is 5.41. The van der Waals surface area contributed by atoms with Gasteiger partial charge < -0.3 is 34.5 Å². The molecule has 4 N–H and O–H groups in total. The number of nitrogens with one attached hydrogen (secondary N) is 2. The number of methoxy groups -OCH3 is 1. The lowest BCUT2D eigenvalue weighted by Gasteiger charge is -2.32. The summed E-state index contributed by atoms with van der Waals surface area (Å²) in [6.45, 7) is 1.33. The first kappa shape index (κ1) is 36.9. The Hall–Kier alpha value is -5.41. The zero-order valence-electron chi connectivity index (χ0n) is 27.7. The maximum atomic E-state index is 15.0. The molecule has 3 atom stereocenters. The highest BCUT2D eigenvalue weighted by atomic mass is 19.4. The van der Waals surface area contributed by atoms with Crippen molar-refractivity contribution >= 4 is 12.0 Å². The highest BCUT2D eigenvalue weighted by Gasteiger charge is 2.59. The van der Waals surface area contributed by atoms with Gasteiger partial charge in [-0.3, -0.25) is 10.1 Å². The van der Waals surface area contributed by atoms with Crippen LogP contribution in [0.25, 0.3) is 11.3 Å². The van der Waals surface area contributed by atoms with E-state index in [1.54, 1.807) is 30.3 Å². The van der Waals surface area contributed by atoms with E-state index in [0.717, 1.165) is 12.1 Å². The Balaban J connectivity index is 1.46. The first-order valence-corrected chi connectivity index (χ1v) is 15.7. The number of benzene rings is 3. The van der Waals surface area contributed by atoms with Crippen LogP contribution >= 0.6 is 0 Å². The van der Waals surface area contributed by atoms with Gasteiger partial charge in [0, 0.05) is 23.1 Å². The number of carbonyl (C=O) groups is 2. The Morgan fingerprint density at radius 2 is 1.75 bits per heavy atom. The third kappa shape index (κ3) is 8.49. The Labute approximate surface area is 290 Å². The molecule has 51 heavy (non-hydrogen) atoms. The number of hydrogen-bond acceptors (Lipinski definition) is 9. The first-order valence-electron chi connectivity index (χ1n) is 15.7. The summed E-state index contributed by atoms with van der Waals surface area (Å²) in [5.41, 5.74) is -5.59. The maximum absolute atomic E-state index is 15.0. The van der Waals surface area contributed by atoms with Gasteiger partial charge in [-0.25, -0.2) is 14.2 Å². The maximum Gasteiger partial charge on any atom is 0.424 e. The smallest absolute Gasteiger partial charge is 0.424 e. The highest BCUT2D eigenvalue weighted by Crippen LogP contribution is 2.47. The molecule has 3 aromatic carbocycles. The minimum atomic E-state index is -5.43. The van der Waals surface area contributed by atoms with Crippen molar-refractivity contribution in [3.63, 3.8) is 0 Å². The number of ether oxygens (including phenoxy) is 4. The molecule has 0 saturated heterocycles. The van der Waals surface area contributed by atoms with Gasteiger partial charge in [0.15, 0.2) is 23.0 Å². The Bertz CT molecular complexity index is 1880. The molecule has 270 valence electrons. The molecule has 1 aliphatic heterocycles. The summed E-state index contributed by atoms with van der Waals surface area (Å²) in [5.74, 6) is -1.82. The van der Waals surface area contributed by atoms with Gasteiger partial charge in [0.05, 0.1) is 25.5 Å². The minimum Gasteiger partial charge on any atom is -0.493 e. The lowest BCUT2D eigenvalue weighted by Crippen LogP contribution is -2.52. The number of halogens is 4. The fourth-order valence-electron chi connectivity index (χ4n) is 5.32. The number of nitrogens with zero attached hydrogens (tertiary/aromatic N) is 1. The number of hydrogen-bond donors (Lipinski definition) is 4. The highest BCUT2D eigenvalue weighted by molar-refractivity contribution is 5.95. The summed E-state index contributed by atoms with van der Waals surface area (Å²) < 4.78 is 80.6. The molecule has 2 amide bonds. The summed E-state index contributed by atoms with van der Waals surface area (Å²) >= 11 is 0. The summed E-state index contributed by atoms with van der Waals surface area (Å²) in [6, 6.07) is 18.8. The SMILES string of the molecule is COc1cc(C(=O)NCC(O)(c2nc(-c3ccc(F)cc3)cc3c2OC(C)(NC(=O)OCc2ccccc2)C3)C(F)(F)F)ccc1OC[C@@H](C)O. The summed E-state index contributed by atoms with van der Waals surface area (Å²) in [5, 5.41) is 25.7. The zero-order valence-corrected chi connectivity index (χ0v) is 27.7. The number of aliphatic hydroxyl groups is 2. The van der Waals surface area contributed by atoms with Crippen molar-refractivity contribution in [2.24, 2.45) is 0 Å². The number of aromatic nitrogens is 1. The average molecular weight is 714 g/mol. The van der Waals surface area contributed by atoms with Gasteiger partial charge in [-0.2, -0.15) is 13.2 Å². The van der Waals surface area contributed by atoms with Gasteiger partial charge in [-0.1, -0.05) is 30.3 Å². The largest absolute Gasteiger partial charge is 0.493 e. The molecule has 5 rings (SSSR count). The second-order valence-corrected chi connectivity index (χ2v) is 12.1. The summed E-state index contributed by atoms with van der Waals surface area (Å²) in [4.78, 5) is 30.1. The van der Waals surface area contributed by atoms with E-state index in [1.165, 1.54) is 57.4 Å². The normalized spacial score (nSPS) is 17.0. The topological polar surface area (TPSA) is 148 Å². The van der Waals surface area contributed by atoms with Crippen molar-refractivity contribution in [3.8, 4) is 28.5 Å². The lowest BCUT2D eigenvalue weighted by molar-refractivity contribution is -0.265. The molecule has 0 fully saturated rings. The van der Waals surface area contributed by atoms with Crippen LogP contribution in [0.15, 0.2) is 78.9 Å². The van der Waals surface area contributed by atoms with Gasteiger partial charge in [-0.05, 0) is 67.9 Å². The third-order valence-corrected chi connectivity index (χ3v) is 7.90. The van der Waals surface area contributed by atoms with Gasteiger partial charge >= 0.3 is 12.3 Å². The number of aliphatic hydroxyl groups excluding tert-OH is 1. The fraction of sp³-hybridized carbons (Fsp3) is 0.306. The number of alkyl carbamates (subject to hydrolysis) is 1. The van der Waals surface area contributed by atoms with Crippen molar-refractivity contribution in [1.29, 1.82) is 0 Å². The van der Waals surface area contributed by atoms with Crippen LogP contribution in [0, 0.1) is 5.82 Å². The molecule has 0 bridgehead atoms. The standard InChI is InChI=1S/C36H35F4N3O8/c1-21(44)18-49-28-14-11-24(16-29(28)48-3)32(45)41-20-35(47,36(38,39)40)31-30-25(15-27(42-31)23-9-12-26(37)13-10-23)17-34(2,51-30)43-33(46)50-19-22-7-5-4-6-8-22/h4-16,21,44,47H,17-20H2,1-3H3,(H,41,45)(H,43,46)/t21-,34?,35?/m1/s1. The molecule has 2 heterocycles. The van der Waals surface area contributed by atoms with E-state index in [1.807, 2.05) is 0 Å². The average Bonchev–Trinajstić information content (AvgIpc) is 3.43. The molecule has 0 radical (unpaired) electrons. The lowest BCUT2D eigenvalue weighted by atomic mass is 9.93. The van der Waals surface area contributed by atoms with Crippen LogP contribution in [0.1, 0.15) is 41.0 Å².